The molecule has 1 rings (SSSR count). The SMILES string of the molecule is CCC(NC(C)C)C(O)c1ccc(F)c(C)c1. The van der Waals surface area contributed by atoms with E-state index < -0.39 is 6.10 Å². The van der Waals surface area contributed by atoms with Gasteiger partial charge in [0.25, 0.3) is 0 Å². The Balaban J connectivity index is 2.85. The number of halogens is 1. The average Bonchev–Trinajstić information content (AvgIpc) is 2.28. The summed E-state index contributed by atoms with van der Waals surface area (Å²) >= 11 is 0. The molecule has 2 N–H and O–H groups in total. The zero-order valence-corrected chi connectivity index (χ0v) is 11.0. The molecule has 2 nitrogen and oxygen atoms in total. The van der Waals surface area contributed by atoms with E-state index in [4.69, 9.17) is 0 Å². The minimum atomic E-state index is -0.596. The predicted octanol–water partition coefficient (Wildman–Crippen LogP) is 2.94. The zero-order chi connectivity index (χ0) is 13.0. The first kappa shape index (κ1) is 14.1. The summed E-state index contributed by atoms with van der Waals surface area (Å²) in [6, 6.07) is 5.09. The highest BCUT2D eigenvalue weighted by molar-refractivity contribution is 5.26. The van der Waals surface area contributed by atoms with Crippen LogP contribution in [0.15, 0.2) is 18.2 Å². The second-order valence-electron chi connectivity index (χ2n) is 4.79. The van der Waals surface area contributed by atoms with Crippen LogP contribution in [0.5, 0.6) is 0 Å². The molecule has 0 fully saturated rings. The van der Waals surface area contributed by atoms with Crippen LogP contribution < -0.4 is 5.32 Å². The molecule has 0 aromatic heterocycles. The molecule has 2 unspecified atom stereocenters. The van der Waals surface area contributed by atoms with Gasteiger partial charge in [-0.05, 0) is 30.5 Å². The molecular weight excluding hydrogens is 217 g/mol. The molecule has 3 heteroatoms. The van der Waals surface area contributed by atoms with Gasteiger partial charge in [-0.25, -0.2) is 4.39 Å². The van der Waals surface area contributed by atoms with Gasteiger partial charge >= 0.3 is 0 Å². The smallest absolute Gasteiger partial charge is 0.126 e. The lowest BCUT2D eigenvalue weighted by Gasteiger charge is -2.25. The van der Waals surface area contributed by atoms with Gasteiger partial charge < -0.3 is 10.4 Å². The highest BCUT2D eigenvalue weighted by Gasteiger charge is 2.20. The fraction of sp³-hybridized carbons (Fsp3) is 0.571. The number of hydrogen-bond donors (Lipinski definition) is 2. The van der Waals surface area contributed by atoms with Gasteiger partial charge in [-0.2, -0.15) is 0 Å². The summed E-state index contributed by atoms with van der Waals surface area (Å²) in [5.74, 6) is -0.231. The third-order valence-corrected chi connectivity index (χ3v) is 2.89. The third kappa shape index (κ3) is 3.79. The molecule has 0 amide bonds. The summed E-state index contributed by atoms with van der Waals surface area (Å²) in [5.41, 5.74) is 1.34. The van der Waals surface area contributed by atoms with E-state index in [1.54, 1.807) is 19.1 Å². The van der Waals surface area contributed by atoms with Gasteiger partial charge in [0.1, 0.15) is 5.82 Å². The van der Waals surface area contributed by atoms with Crippen molar-refractivity contribution in [3.05, 3.63) is 35.1 Å². The summed E-state index contributed by atoms with van der Waals surface area (Å²) in [6.07, 6.45) is 0.233. The standard InChI is InChI=1S/C14H22FNO/c1-5-13(16-9(2)3)14(17)11-6-7-12(15)10(4)8-11/h6-9,13-14,16-17H,5H2,1-4H3. The third-order valence-electron chi connectivity index (χ3n) is 2.89. The van der Waals surface area contributed by atoms with Crippen LogP contribution in [0.2, 0.25) is 0 Å². The molecule has 0 bridgehead atoms. The van der Waals surface area contributed by atoms with E-state index >= 15 is 0 Å². The number of rotatable bonds is 5. The van der Waals surface area contributed by atoms with Crippen LogP contribution in [0.1, 0.15) is 44.4 Å². The van der Waals surface area contributed by atoms with Crippen molar-refractivity contribution >= 4 is 0 Å². The highest BCUT2D eigenvalue weighted by Crippen LogP contribution is 2.21. The van der Waals surface area contributed by atoms with Crippen LogP contribution >= 0.6 is 0 Å². The molecule has 1 aromatic carbocycles. The van der Waals surface area contributed by atoms with Crippen molar-refractivity contribution < 1.29 is 9.50 Å². The topological polar surface area (TPSA) is 32.3 Å². The minimum absolute atomic E-state index is 0.000128. The summed E-state index contributed by atoms with van der Waals surface area (Å²) in [4.78, 5) is 0. The van der Waals surface area contributed by atoms with E-state index in [2.05, 4.69) is 5.32 Å². The molecule has 17 heavy (non-hydrogen) atoms. The fourth-order valence-corrected chi connectivity index (χ4v) is 1.94. The number of hydrogen-bond acceptors (Lipinski definition) is 2. The van der Waals surface area contributed by atoms with Crippen molar-refractivity contribution in [1.29, 1.82) is 0 Å². The average molecular weight is 239 g/mol. The summed E-state index contributed by atoms with van der Waals surface area (Å²) in [6.45, 7) is 7.83. The quantitative estimate of drug-likeness (QED) is 0.828. The lowest BCUT2D eigenvalue weighted by molar-refractivity contribution is 0.121. The Bertz CT molecular complexity index is 365. The molecule has 0 heterocycles. The van der Waals surface area contributed by atoms with Crippen molar-refractivity contribution in [2.75, 3.05) is 0 Å². The number of benzene rings is 1. The number of aryl methyl sites for hydroxylation is 1. The Kier molecular flexibility index (Phi) is 5.09. The van der Waals surface area contributed by atoms with Gasteiger partial charge in [0.05, 0.1) is 6.10 Å². The van der Waals surface area contributed by atoms with E-state index in [0.29, 0.717) is 11.6 Å². The molecule has 0 aliphatic heterocycles. The first-order chi connectivity index (χ1) is 7.95. The molecule has 0 saturated carbocycles. The maximum Gasteiger partial charge on any atom is 0.126 e. The number of aliphatic hydroxyl groups excluding tert-OH is 1. The Morgan fingerprint density at radius 3 is 2.47 bits per heavy atom. The van der Waals surface area contributed by atoms with Crippen LogP contribution in [-0.4, -0.2) is 17.2 Å². The molecule has 2 atom stereocenters. The first-order valence-corrected chi connectivity index (χ1v) is 6.15. The van der Waals surface area contributed by atoms with E-state index in [9.17, 15) is 9.50 Å². The van der Waals surface area contributed by atoms with Crippen molar-refractivity contribution in [2.24, 2.45) is 0 Å². The van der Waals surface area contributed by atoms with Crippen molar-refractivity contribution in [2.45, 2.75) is 52.3 Å². The Morgan fingerprint density at radius 2 is 2.00 bits per heavy atom. The van der Waals surface area contributed by atoms with Gasteiger partial charge in [0.15, 0.2) is 0 Å². The van der Waals surface area contributed by atoms with Gasteiger partial charge in [-0.1, -0.05) is 32.9 Å². The van der Waals surface area contributed by atoms with Gasteiger partial charge in [-0.3, -0.25) is 0 Å². The minimum Gasteiger partial charge on any atom is -0.387 e. The van der Waals surface area contributed by atoms with Crippen molar-refractivity contribution in [3.63, 3.8) is 0 Å². The van der Waals surface area contributed by atoms with Gasteiger partial charge in [0.2, 0.25) is 0 Å². The predicted molar refractivity (Wildman–Crippen MR) is 68.4 cm³/mol. The zero-order valence-electron chi connectivity index (χ0n) is 11.0. The van der Waals surface area contributed by atoms with E-state index in [1.165, 1.54) is 6.07 Å². The number of nitrogens with one attached hydrogen (secondary N) is 1. The molecule has 0 aliphatic rings. The molecule has 0 aliphatic carbocycles. The summed E-state index contributed by atoms with van der Waals surface area (Å²) in [5, 5.41) is 13.6. The summed E-state index contributed by atoms with van der Waals surface area (Å²) < 4.78 is 13.2. The lowest BCUT2D eigenvalue weighted by atomic mass is 9.98. The molecular formula is C14H22FNO. The Hall–Kier alpha value is -0.930. The number of aliphatic hydroxyl groups is 1. The highest BCUT2D eigenvalue weighted by atomic mass is 19.1. The molecule has 1 aromatic rings. The van der Waals surface area contributed by atoms with Crippen LogP contribution in [0.3, 0.4) is 0 Å². The Labute approximate surface area is 103 Å². The maximum absolute atomic E-state index is 13.2. The molecule has 0 radical (unpaired) electrons. The van der Waals surface area contributed by atoms with Crippen LogP contribution in [0.4, 0.5) is 4.39 Å². The monoisotopic (exact) mass is 239 g/mol. The van der Waals surface area contributed by atoms with Gasteiger partial charge in [0, 0.05) is 12.1 Å². The fourth-order valence-electron chi connectivity index (χ4n) is 1.94. The van der Waals surface area contributed by atoms with Crippen molar-refractivity contribution in [1.82, 2.24) is 5.32 Å². The van der Waals surface area contributed by atoms with E-state index in [-0.39, 0.29) is 11.9 Å². The first-order valence-electron chi connectivity index (χ1n) is 6.15. The van der Waals surface area contributed by atoms with Crippen LogP contribution in [-0.2, 0) is 0 Å². The van der Waals surface area contributed by atoms with Gasteiger partial charge in [-0.15, -0.1) is 0 Å². The van der Waals surface area contributed by atoms with E-state index in [1.807, 2.05) is 20.8 Å². The normalized spacial score (nSPS) is 15.0. The van der Waals surface area contributed by atoms with E-state index in [0.717, 1.165) is 12.0 Å². The Morgan fingerprint density at radius 1 is 1.35 bits per heavy atom. The summed E-state index contributed by atoms with van der Waals surface area (Å²) in [7, 11) is 0. The second kappa shape index (κ2) is 6.12. The molecule has 0 spiro atoms. The second-order valence-corrected chi connectivity index (χ2v) is 4.79. The van der Waals surface area contributed by atoms with Crippen LogP contribution in [0.25, 0.3) is 0 Å². The maximum atomic E-state index is 13.2. The van der Waals surface area contributed by atoms with Crippen LogP contribution in [0, 0.1) is 12.7 Å². The molecule has 0 saturated heterocycles. The lowest BCUT2D eigenvalue weighted by Crippen LogP contribution is -2.38. The van der Waals surface area contributed by atoms with Crippen molar-refractivity contribution in [3.8, 4) is 0 Å². The molecule has 96 valence electrons. The largest absolute Gasteiger partial charge is 0.387 e.